The molecule has 6 heteroatoms. The van der Waals surface area contributed by atoms with Gasteiger partial charge in [-0.15, -0.1) is 11.6 Å². The molecule has 1 unspecified atom stereocenters. The van der Waals surface area contributed by atoms with Crippen LogP contribution in [0.3, 0.4) is 0 Å². The van der Waals surface area contributed by atoms with Gasteiger partial charge in [-0.25, -0.2) is 4.98 Å². The van der Waals surface area contributed by atoms with Crippen molar-refractivity contribution in [3.63, 3.8) is 0 Å². The number of halogens is 2. The van der Waals surface area contributed by atoms with Crippen LogP contribution in [-0.2, 0) is 23.2 Å². The fourth-order valence-electron chi connectivity index (χ4n) is 1.94. The molecule has 1 aromatic heterocycles. The van der Waals surface area contributed by atoms with Crippen molar-refractivity contribution in [2.45, 2.75) is 18.8 Å². The zero-order chi connectivity index (χ0) is 13.1. The largest absolute Gasteiger partial charge is 0.327 e. The van der Waals surface area contributed by atoms with E-state index < -0.39 is 10.8 Å². The van der Waals surface area contributed by atoms with Gasteiger partial charge in [0.05, 0.1) is 16.4 Å². The number of imidazole rings is 1. The summed E-state index contributed by atoms with van der Waals surface area (Å²) in [5.74, 6) is 1.84. The van der Waals surface area contributed by atoms with Crippen molar-refractivity contribution in [3.05, 3.63) is 29.0 Å². The Morgan fingerprint density at radius 3 is 2.89 bits per heavy atom. The molecule has 1 heterocycles. The number of rotatable bonds is 5. The molecule has 0 spiro atoms. The number of aryl methyl sites for hydroxylation is 1. The third-order valence-electron chi connectivity index (χ3n) is 2.74. The molecule has 0 N–H and O–H groups in total. The molecular weight excluding hydrogens is 291 g/mol. The van der Waals surface area contributed by atoms with Gasteiger partial charge in [-0.2, -0.15) is 0 Å². The lowest BCUT2D eigenvalue weighted by molar-refractivity contribution is 0.657. The molecule has 0 aliphatic carbocycles. The zero-order valence-electron chi connectivity index (χ0n) is 10.0. The van der Waals surface area contributed by atoms with Crippen molar-refractivity contribution >= 4 is 45.0 Å². The molecule has 2 rings (SSSR count). The lowest BCUT2D eigenvalue weighted by Gasteiger charge is -2.06. The molecule has 0 radical (unpaired) electrons. The van der Waals surface area contributed by atoms with Crippen molar-refractivity contribution in [1.82, 2.24) is 9.55 Å². The molecule has 3 nitrogen and oxygen atoms in total. The molecule has 0 aliphatic rings. The summed E-state index contributed by atoms with van der Waals surface area (Å²) in [5.41, 5.74) is 1.77. The summed E-state index contributed by atoms with van der Waals surface area (Å²) in [4.78, 5) is 4.45. The van der Waals surface area contributed by atoms with Gasteiger partial charge < -0.3 is 4.57 Å². The van der Waals surface area contributed by atoms with Crippen LogP contribution >= 0.6 is 23.2 Å². The van der Waals surface area contributed by atoms with Crippen LogP contribution < -0.4 is 0 Å². The van der Waals surface area contributed by atoms with E-state index >= 15 is 0 Å². The monoisotopic (exact) mass is 304 g/mol. The standard InChI is InChI=1S/C12H14Cl2N2OS/c1-18(17)7-3-6-16-10-5-2-4-9(14)12(10)15-11(16)8-13/h2,4-5H,3,6-8H2,1H3. The van der Waals surface area contributed by atoms with Crippen molar-refractivity contribution in [1.29, 1.82) is 0 Å². The first-order valence-corrected chi connectivity index (χ1v) is 8.27. The van der Waals surface area contributed by atoms with Gasteiger partial charge in [0, 0.05) is 29.4 Å². The molecule has 98 valence electrons. The Morgan fingerprint density at radius 2 is 2.22 bits per heavy atom. The summed E-state index contributed by atoms with van der Waals surface area (Å²) >= 11 is 12.0. The lowest BCUT2D eigenvalue weighted by Crippen LogP contribution is -2.06. The second-order valence-corrected chi connectivity index (χ2v) is 6.28. The molecule has 0 saturated carbocycles. The number of para-hydroxylation sites is 1. The maximum absolute atomic E-state index is 11.1. The smallest absolute Gasteiger partial charge is 0.124 e. The second kappa shape index (κ2) is 6.04. The van der Waals surface area contributed by atoms with E-state index in [0.29, 0.717) is 16.7 Å². The van der Waals surface area contributed by atoms with Crippen molar-refractivity contribution in [2.24, 2.45) is 0 Å². The number of alkyl halides is 1. The normalized spacial score (nSPS) is 13.1. The quantitative estimate of drug-likeness (QED) is 0.795. The summed E-state index contributed by atoms with van der Waals surface area (Å²) in [5, 5.41) is 0.636. The highest BCUT2D eigenvalue weighted by Gasteiger charge is 2.11. The number of hydrogen-bond acceptors (Lipinski definition) is 2. The fraction of sp³-hybridized carbons (Fsp3) is 0.417. The molecule has 1 atom stereocenters. The Morgan fingerprint density at radius 1 is 1.44 bits per heavy atom. The van der Waals surface area contributed by atoms with Gasteiger partial charge in [0.25, 0.3) is 0 Å². The number of aromatic nitrogens is 2. The lowest BCUT2D eigenvalue weighted by atomic mass is 10.3. The molecule has 1 aromatic carbocycles. The van der Waals surface area contributed by atoms with Crippen LogP contribution in [0.2, 0.25) is 5.02 Å². The fourth-order valence-corrected chi connectivity index (χ4v) is 2.89. The SMILES string of the molecule is CS(=O)CCCn1c(CCl)nc2c(Cl)cccc21. The first-order chi connectivity index (χ1) is 8.63. The van der Waals surface area contributed by atoms with E-state index in [2.05, 4.69) is 9.55 Å². The summed E-state index contributed by atoms with van der Waals surface area (Å²) < 4.78 is 13.1. The van der Waals surface area contributed by atoms with Crippen LogP contribution in [0.4, 0.5) is 0 Å². The van der Waals surface area contributed by atoms with Crippen molar-refractivity contribution in [3.8, 4) is 0 Å². The first kappa shape index (κ1) is 13.8. The van der Waals surface area contributed by atoms with Gasteiger partial charge in [0.2, 0.25) is 0 Å². The molecule has 18 heavy (non-hydrogen) atoms. The van der Waals surface area contributed by atoms with Gasteiger partial charge in [-0.05, 0) is 18.6 Å². The van der Waals surface area contributed by atoms with Crippen LogP contribution in [0.15, 0.2) is 18.2 Å². The van der Waals surface area contributed by atoms with Gasteiger partial charge >= 0.3 is 0 Å². The average molecular weight is 305 g/mol. The van der Waals surface area contributed by atoms with Crippen LogP contribution in [-0.4, -0.2) is 25.8 Å². The van der Waals surface area contributed by atoms with Crippen LogP contribution in [0.25, 0.3) is 11.0 Å². The Bertz CT molecular complexity index is 583. The molecule has 0 amide bonds. The second-order valence-electron chi connectivity index (χ2n) is 4.05. The minimum Gasteiger partial charge on any atom is -0.327 e. The van der Waals surface area contributed by atoms with E-state index in [-0.39, 0.29) is 0 Å². The predicted molar refractivity (Wildman–Crippen MR) is 77.9 cm³/mol. The van der Waals surface area contributed by atoms with Crippen molar-refractivity contribution in [2.75, 3.05) is 12.0 Å². The van der Waals surface area contributed by atoms with Gasteiger partial charge in [0.1, 0.15) is 11.3 Å². The Kier molecular flexibility index (Phi) is 4.65. The highest BCUT2D eigenvalue weighted by molar-refractivity contribution is 7.84. The molecule has 0 fully saturated rings. The van der Waals surface area contributed by atoms with Gasteiger partial charge in [-0.3, -0.25) is 4.21 Å². The van der Waals surface area contributed by atoms with Crippen LogP contribution in [0, 0.1) is 0 Å². The number of nitrogens with zero attached hydrogens (tertiary/aromatic N) is 2. The van der Waals surface area contributed by atoms with E-state index in [4.69, 9.17) is 23.2 Å². The maximum Gasteiger partial charge on any atom is 0.124 e. The number of fused-ring (bicyclic) bond motifs is 1. The average Bonchev–Trinajstić information content (AvgIpc) is 2.69. The number of benzene rings is 1. The molecule has 0 aliphatic heterocycles. The molecular formula is C12H14Cl2N2OS. The summed E-state index contributed by atoms with van der Waals surface area (Å²) in [6, 6.07) is 5.70. The zero-order valence-corrected chi connectivity index (χ0v) is 12.4. The van der Waals surface area contributed by atoms with E-state index in [1.807, 2.05) is 18.2 Å². The van der Waals surface area contributed by atoms with E-state index in [1.165, 1.54) is 0 Å². The summed E-state index contributed by atoms with van der Waals surface area (Å²) in [7, 11) is -0.767. The summed E-state index contributed by atoms with van der Waals surface area (Å²) in [6.07, 6.45) is 2.55. The van der Waals surface area contributed by atoms with Gasteiger partial charge in [0.15, 0.2) is 0 Å². The van der Waals surface area contributed by atoms with E-state index in [0.717, 1.165) is 29.8 Å². The topological polar surface area (TPSA) is 34.9 Å². The Balaban J connectivity index is 2.35. The maximum atomic E-state index is 11.1. The molecule has 0 bridgehead atoms. The van der Waals surface area contributed by atoms with Gasteiger partial charge in [-0.1, -0.05) is 17.7 Å². The first-order valence-electron chi connectivity index (χ1n) is 5.63. The minimum atomic E-state index is -0.767. The summed E-state index contributed by atoms with van der Waals surface area (Å²) in [6.45, 7) is 0.762. The molecule has 0 saturated heterocycles. The third kappa shape index (κ3) is 2.87. The van der Waals surface area contributed by atoms with E-state index in [1.54, 1.807) is 6.26 Å². The minimum absolute atomic E-state index is 0.347. The highest BCUT2D eigenvalue weighted by Crippen LogP contribution is 2.24. The van der Waals surface area contributed by atoms with E-state index in [9.17, 15) is 4.21 Å². The van der Waals surface area contributed by atoms with Crippen LogP contribution in [0.1, 0.15) is 12.2 Å². The highest BCUT2D eigenvalue weighted by atomic mass is 35.5. The third-order valence-corrected chi connectivity index (χ3v) is 4.15. The molecule has 2 aromatic rings. The Hall–Kier alpha value is -0.580. The van der Waals surface area contributed by atoms with Crippen molar-refractivity contribution < 1.29 is 4.21 Å². The Labute approximate surface area is 119 Å². The number of hydrogen-bond donors (Lipinski definition) is 0. The van der Waals surface area contributed by atoms with Crippen LogP contribution in [0.5, 0.6) is 0 Å². The predicted octanol–water partition coefficient (Wildman–Crippen LogP) is 3.20.